The van der Waals surface area contributed by atoms with Crippen molar-refractivity contribution in [3.8, 4) is 0 Å². The third-order valence-electron chi connectivity index (χ3n) is 4.38. The molecule has 0 radical (unpaired) electrons. The average molecular weight is 211 g/mol. The number of nitrogens with one attached hydrogen (secondary N) is 1. The largest absolute Gasteiger partial charge is 0.374 e. The Morgan fingerprint density at radius 3 is 2.60 bits per heavy atom. The second-order valence-corrected chi connectivity index (χ2v) is 5.49. The van der Waals surface area contributed by atoms with Crippen molar-refractivity contribution in [1.29, 1.82) is 0 Å². The topological polar surface area (TPSA) is 21.3 Å². The van der Waals surface area contributed by atoms with Crippen LogP contribution in [0, 0.1) is 5.92 Å². The van der Waals surface area contributed by atoms with Crippen LogP contribution >= 0.6 is 0 Å². The Morgan fingerprint density at radius 2 is 2.07 bits per heavy atom. The van der Waals surface area contributed by atoms with Crippen molar-refractivity contribution in [2.24, 2.45) is 5.92 Å². The lowest BCUT2D eigenvalue weighted by Gasteiger charge is -2.34. The van der Waals surface area contributed by atoms with Gasteiger partial charge in [-0.1, -0.05) is 25.7 Å². The Labute approximate surface area is 93.8 Å². The third-order valence-corrected chi connectivity index (χ3v) is 4.38. The van der Waals surface area contributed by atoms with Crippen molar-refractivity contribution in [1.82, 2.24) is 5.32 Å². The van der Waals surface area contributed by atoms with Gasteiger partial charge >= 0.3 is 0 Å². The zero-order chi connectivity index (χ0) is 10.7. The summed E-state index contributed by atoms with van der Waals surface area (Å²) in [5, 5.41) is 3.49. The highest BCUT2D eigenvalue weighted by molar-refractivity contribution is 4.93. The fourth-order valence-electron chi connectivity index (χ4n) is 3.33. The van der Waals surface area contributed by atoms with Crippen LogP contribution in [0.4, 0.5) is 0 Å². The first kappa shape index (κ1) is 11.4. The molecule has 2 atom stereocenters. The standard InChI is InChI=1S/C13H25NO/c1-13(8-5-9-15-13)12(14-2)10-11-6-3-4-7-11/h11-12,14H,3-10H2,1-2H3. The number of rotatable bonds is 4. The van der Waals surface area contributed by atoms with Gasteiger partial charge in [0.15, 0.2) is 0 Å². The van der Waals surface area contributed by atoms with Gasteiger partial charge in [0.1, 0.15) is 0 Å². The van der Waals surface area contributed by atoms with Crippen LogP contribution in [0.5, 0.6) is 0 Å². The minimum Gasteiger partial charge on any atom is -0.374 e. The fourth-order valence-corrected chi connectivity index (χ4v) is 3.33. The Balaban J connectivity index is 1.90. The minimum atomic E-state index is 0.108. The predicted molar refractivity (Wildman–Crippen MR) is 63.0 cm³/mol. The molecule has 88 valence electrons. The maximum Gasteiger partial charge on any atom is 0.0807 e. The van der Waals surface area contributed by atoms with Gasteiger partial charge in [0, 0.05) is 12.6 Å². The molecule has 0 aromatic rings. The Bertz CT molecular complexity index is 193. The number of ether oxygens (including phenoxy) is 1. The lowest BCUT2D eigenvalue weighted by molar-refractivity contribution is -0.0158. The van der Waals surface area contributed by atoms with Crippen LogP contribution < -0.4 is 5.32 Å². The molecule has 1 aliphatic heterocycles. The molecule has 0 spiro atoms. The van der Waals surface area contributed by atoms with Crippen molar-refractivity contribution in [3.63, 3.8) is 0 Å². The molecule has 1 saturated heterocycles. The molecule has 0 amide bonds. The van der Waals surface area contributed by atoms with Gasteiger partial charge in [0.2, 0.25) is 0 Å². The van der Waals surface area contributed by atoms with Crippen molar-refractivity contribution in [3.05, 3.63) is 0 Å². The molecule has 1 N–H and O–H groups in total. The summed E-state index contributed by atoms with van der Waals surface area (Å²) in [5.74, 6) is 0.948. The van der Waals surface area contributed by atoms with Gasteiger partial charge in [-0.2, -0.15) is 0 Å². The number of likely N-dealkylation sites (N-methyl/N-ethyl adjacent to an activating group) is 1. The van der Waals surface area contributed by atoms with E-state index in [-0.39, 0.29) is 5.60 Å². The van der Waals surface area contributed by atoms with E-state index in [1.807, 2.05) is 0 Å². The highest BCUT2D eigenvalue weighted by Crippen LogP contribution is 2.35. The van der Waals surface area contributed by atoms with Crippen molar-refractivity contribution < 1.29 is 4.74 Å². The molecule has 1 aliphatic carbocycles. The van der Waals surface area contributed by atoms with Gasteiger partial charge in [0.05, 0.1) is 5.60 Å². The van der Waals surface area contributed by atoms with Crippen LogP contribution in [-0.4, -0.2) is 25.3 Å². The van der Waals surface area contributed by atoms with Crippen LogP contribution in [0.3, 0.4) is 0 Å². The molecule has 2 heteroatoms. The quantitative estimate of drug-likeness (QED) is 0.772. The van der Waals surface area contributed by atoms with E-state index in [4.69, 9.17) is 4.74 Å². The first-order valence-electron chi connectivity index (χ1n) is 6.56. The zero-order valence-electron chi connectivity index (χ0n) is 10.2. The van der Waals surface area contributed by atoms with E-state index < -0.39 is 0 Å². The van der Waals surface area contributed by atoms with E-state index in [9.17, 15) is 0 Å². The summed E-state index contributed by atoms with van der Waals surface area (Å²) in [6, 6.07) is 0.558. The predicted octanol–water partition coefficient (Wildman–Crippen LogP) is 2.72. The summed E-state index contributed by atoms with van der Waals surface area (Å²) in [6.45, 7) is 3.25. The number of hydrogen-bond acceptors (Lipinski definition) is 2. The monoisotopic (exact) mass is 211 g/mol. The molecule has 0 bridgehead atoms. The van der Waals surface area contributed by atoms with E-state index in [1.165, 1.54) is 44.9 Å². The van der Waals surface area contributed by atoms with E-state index in [1.54, 1.807) is 0 Å². The molecule has 2 fully saturated rings. The van der Waals surface area contributed by atoms with Gasteiger partial charge < -0.3 is 10.1 Å². The van der Waals surface area contributed by atoms with Gasteiger partial charge in [-0.15, -0.1) is 0 Å². The normalized spacial score (nSPS) is 34.8. The maximum atomic E-state index is 5.94. The molecule has 1 heterocycles. The van der Waals surface area contributed by atoms with Crippen LogP contribution in [0.25, 0.3) is 0 Å². The van der Waals surface area contributed by atoms with E-state index in [2.05, 4.69) is 19.3 Å². The van der Waals surface area contributed by atoms with Crippen LogP contribution in [-0.2, 0) is 4.74 Å². The summed E-state index contributed by atoms with van der Waals surface area (Å²) < 4.78 is 5.94. The summed E-state index contributed by atoms with van der Waals surface area (Å²) in [7, 11) is 2.09. The fraction of sp³-hybridized carbons (Fsp3) is 1.00. The molecule has 2 unspecified atom stereocenters. The second-order valence-electron chi connectivity index (χ2n) is 5.49. The van der Waals surface area contributed by atoms with Crippen LogP contribution in [0.15, 0.2) is 0 Å². The molecular weight excluding hydrogens is 186 g/mol. The average Bonchev–Trinajstić information content (AvgIpc) is 2.85. The lowest BCUT2D eigenvalue weighted by Crippen LogP contribution is -2.47. The highest BCUT2D eigenvalue weighted by Gasteiger charge is 2.38. The smallest absolute Gasteiger partial charge is 0.0807 e. The second kappa shape index (κ2) is 4.84. The van der Waals surface area contributed by atoms with E-state index >= 15 is 0 Å². The summed E-state index contributed by atoms with van der Waals surface area (Å²) >= 11 is 0. The lowest BCUT2D eigenvalue weighted by atomic mass is 9.85. The maximum absolute atomic E-state index is 5.94. The van der Waals surface area contributed by atoms with Crippen LogP contribution in [0.1, 0.15) is 51.9 Å². The van der Waals surface area contributed by atoms with E-state index in [0.29, 0.717) is 6.04 Å². The van der Waals surface area contributed by atoms with Gasteiger partial charge in [0.25, 0.3) is 0 Å². The molecule has 15 heavy (non-hydrogen) atoms. The molecule has 2 aliphatic rings. The highest BCUT2D eigenvalue weighted by atomic mass is 16.5. The van der Waals surface area contributed by atoms with Crippen molar-refractivity contribution in [2.75, 3.05) is 13.7 Å². The molecule has 2 rings (SSSR count). The minimum absolute atomic E-state index is 0.108. The van der Waals surface area contributed by atoms with Crippen molar-refractivity contribution >= 4 is 0 Å². The first-order valence-corrected chi connectivity index (χ1v) is 6.56. The number of hydrogen-bond donors (Lipinski definition) is 1. The van der Waals surface area contributed by atoms with Gasteiger partial charge in [-0.25, -0.2) is 0 Å². The molecule has 1 saturated carbocycles. The van der Waals surface area contributed by atoms with Gasteiger partial charge in [-0.05, 0) is 39.2 Å². The zero-order valence-corrected chi connectivity index (χ0v) is 10.2. The summed E-state index contributed by atoms with van der Waals surface area (Å²) in [5.41, 5.74) is 0.108. The SMILES string of the molecule is CNC(CC1CCCC1)C1(C)CCCO1. The molecule has 0 aromatic heterocycles. The third kappa shape index (κ3) is 2.54. The molecular formula is C13H25NO. The molecule has 0 aromatic carbocycles. The molecule has 2 nitrogen and oxygen atoms in total. The summed E-state index contributed by atoms with van der Waals surface area (Å²) in [6.07, 6.45) is 9.54. The van der Waals surface area contributed by atoms with E-state index in [0.717, 1.165) is 12.5 Å². The van der Waals surface area contributed by atoms with Crippen LogP contribution in [0.2, 0.25) is 0 Å². The Morgan fingerprint density at radius 1 is 1.33 bits per heavy atom. The Hall–Kier alpha value is -0.0800. The first-order chi connectivity index (χ1) is 7.24. The summed E-state index contributed by atoms with van der Waals surface area (Å²) in [4.78, 5) is 0. The van der Waals surface area contributed by atoms with Gasteiger partial charge in [-0.3, -0.25) is 0 Å². The Kier molecular flexibility index (Phi) is 3.68. The van der Waals surface area contributed by atoms with Crippen molar-refractivity contribution in [2.45, 2.75) is 63.5 Å².